The van der Waals surface area contributed by atoms with Crippen molar-refractivity contribution in [1.82, 2.24) is 10.3 Å². The van der Waals surface area contributed by atoms with E-state index in [2.05, 4.69) is 10.3 Å². The average Bonchev–Trinajstić information content (AvgIpc) is 2.85. The quantitative estimate of drug-likeness (QED) is 0.903. The van der Waals surface area contributed by atoms with Crippen molar-refractivity contribution in [2.45, 2.75) is 19.4 Å². The third-order valence-corrected chi connectivity index (χ3v) is 3.76. The van der Waals surface area contributed by atoms with Gasteiger partial charge in [-0.1, -0.05) is 30.7 Å². The van der Waals surface area contributed by atoms with Gasteiger partial charge in [-0.15, -0.1) is 11.3 Å². The normalized spacial score (nSPS) is 12.6. The molecule has 2 nitrogen and oxygen atoms in total. The second-order valence-corrected chi connectivity index (χ2v) is 5.27. The van der Waals surface area contributed by atoms with Crippen LogP contribution in [-0.4, -0.2) is 11.5 Å². The molecule has 0 spiro atoms. The van der Waals surface area contributed by atoms with Crippen LogP contribution in [0.15, 0.2) is 29.8 Å². The number of hydrogen-bond donors (Lipinski definition) is 1. The molecule has 1 atom stereocenters. The Kier molecular flexibility index (Phi) is 4.69. The number of nitrogens with zero attached hydrogens (tertiary/aromatic N) is 1. The molecule has 1 aromatic heterocycles. The summed E-state index contributed by atoms with van der Waals surface area (Å²) in [6.45, 7) is 2.76. The van der Waals surface area contributed by atoms with E-state index in [1.807, 2.05) is 12.3 Å². The highest BCUT2D eigenvalue weighted by Crippen LogP contribution is 2.26. The lowest BCUT2D eigenvalue weighted by molar-refractivity contribution is 0.509. The highest BCUT2D eigenvalue weighted by Gasteiger charge is 2.18. The number of hydrogen-bond acceptors (Lipinski definition) is 3. The Morgan fingerprint density at radius 1 is 1.50 bits per heavy atom. The summed E-state index contributed by atoms with van der Waals surface area (Å²) < 4.78 is 14.0. The minimum atomic E-state index is -0.346. The lowest BCUT2D eigenvalue weighted by Gasteiger charge is -2.18. The van der Waals surface area contributed by atoms with Gasteiger partial charge in [0.15, 0.2) is 0 Å². The van der Waals surface area contributed by atoms with Gasteiger partial charge in [0.25, 0.3) is 0 Å². The van der Waals surface area contributed by atoms with Crippen LogP contribution in [0.4, 0.5) is 4.39 Å². The Labute approximate surface area is 115 Å². The number of benzene rings is 1. The van der Waals surface area contributed by atoms with E-state index in [1.54, 1.807) is 35.7 Å². The van der Waals surface area contributed by atoms with Crippen molar-refractivity contribution >= 4 is 22.9 Å². The maximum atomic E-state index is 14.0. The second-order valence-electron chi connectivity index (χ2n) is 3.88. The molecule has 5 heteroatoms. The van der Waals surface area contributed by atoms with Crippen LogP contribution in [-0.2, 0) is 6.42 Å². The zero-order valence-electron chi connectivity index (χ0n) is 9.99. The van der Waals surface area contributed by atoms with Gasteiger partial charge in [-0.3, -0.25) is 0 Å². The average molecular weight is 285 g/mol. The molecule has 96 valence electrons. The van der Waals surface area contributed by atoms with Crippen molar-refractivity contribution < 1.29 is 4.39 Å². The van der Waals surface area contributed by atoms with Gasteiger partial charge in [0.2, 0.25) is 0 Å². The van der Waals surface area contributed by atoms with Crippen molar-refractivity contribution in [3.63, 3.8) is 0 Å². The first-order valence-electron chi connectivity index (χ1n) is 5.78. The summed E-state index contributed by atoms with van der Waals surface area (Å²) in [4.78, 5) is 4.24. The number of thiazole rings is 1. The molecule has 0 fully saturated rings. The van der Waals surface area contributed by atoms with Gasteiger partial charge in [0.05, 0.1) is 10.0 Å². The maximum Gasteiger partial charge on any atom is 0.146 e. The summed E-state index contributed by atoms with van der Waals surface area (Å²) in [5, 5.41) is 6.34. The third-order valence-electron chi connectivity index (χ3n) is 2.67. The molecule has 2 aromatic rings. The molecule has 1 unspecified atom stereocenters. The lowest BCUT2D eigenvalue weighted by Crippen LogP contribution is -2.24. The van der Waals surface area contributed by atoms with Crippen molar-refractivity contribution in [3.8, 4) is 0 Å². The predicted octanol–water partition coefficient (Wildman–Crippen LogP) is 3.83. The first-order chi connectivity index (χ1) is 8.72. The Hall–Kier alpha value is -0.970. The van der Waals surface area contributed by atoms with Gasteiger partial charge in [0.1, 0.15) is 5.82 Å². The fraction of sp³-hybridized carbons (Fsp3) is 0.308. The highest BCUT2D eigenvalue weighted by atomic mass is 35.5. The van der Waals surface area contributed by atoms with Crippen LogP contribution in [0.1, 0.15) is 23.5 Å². The molecular formula is C13H14ClFN2S. The van der Waals surface area contributed by atoms with Crippen LogP contribution in [0.25, 0.3) is 0 Å². The molecule has 0 aliphatic rings. The van der Waals surface area contributed by atoms with E-state index in [0.29, 0.717) is 12.0 Å². The Morgan fingerprint density at radius 3 is 3.00 bits per heavy atom. The number of halogens is 2. The maximum absolute atomic E-state index is 14.0. The topological polar surface area (TPSA) is 24.9 Å². The molecule has 0 saturated carbocycles. The second kappa shape index (κ2) is 6.27. The van der Waals surface area contributed by atoms with E-state index in [9.17, 15) is 4.39 Å². The minimum Gasteiger partial charge on any atom is -0.310 e. The van der Waals surface area contributed by atoms with Crippen molar-refractivity contribution in [1.29, 1.82) is 0 Å². The molecule has 2 rings (SSSR count). The molecule has 0 saturated heterocycles. The summed E-state index contributed by atoms with van der Waals surface area (Å²) in [5.41, 5.74) is 0.597. The van der Waals surface area contributed by atoms with Crippen LogP contribution in [0, 0.1) is 5.82 Å². The van der Waals surface area contributed by atoms with E-state index in [4.69, 9.17) is 11.6 Å². The SMILES string of the molecule is CCNC(Cc1nccs1)c1cccc(Cl)c1F. The fourth-order valence-electron chi connectivity index (χ4n) is 1.86. The van der Waals surface area contributed by atoms with E-state index < -0.39 is 0 Å². The fourth-order valence-corrected chi connectivity index (χ4v) is 2.70. The molecule has 1 aromatic carbocycles. The van der Waals surface area contributed by atoms with Crippen LogP contribution in [0.3, 0.4) is 0 Å². The molecule has 0 aliphatic heterocycles. The lowest BCUT2D eigenvalue weighted by atomic mass is 10.0. The van der Waals surface area contributed by atoms with Crippen molar-refractivity contribution in [2.75, 3.05) is 6.54 Å². The number of aromatic nitrogens is 1. The first kappa shape index (κ1) is 13.5. The van der Waals surface area contributed by atoms with Crippen molar-refractivity contribution in [3.05, 3.63) is 51.2 Å². The Morgan fingerprint density at radius 2 is 2.33 bits per heavy atom. The van der Waals surface area contributed by atoms with Gasteiger partial charge >= 0.3 is 0 Å². The Balaban J connectivity index is 2.26. The molecule has 0 radical (unpaired) electrons. The molecule has 1 heterocycles. The summed E-state index contributed by atoms with van der Waals surface area (Å²) in [5.74, 6) is -0.346. The zero-order chi connectivity index (χ0) is 13.0. The number of nitrogens with one attached hydrogen (secondary N) is 1. The van der Waals surface area contributed by atoms with Gasteiger partial charge in [0, 0.05) is 29.6 Å². The smallest absolute Gasteiger partial charge is 0.146 e. The summed E-state index contributed by atoms with van der Waals surface area (Å²) in [6.07, 6.45) is 2.43. The van der Waals surface area contributed by atoms with E-state index in [1.165, 1.54) is 0 Å². The van der Waals surface area contributed by atoms with Gasteiger partial charge in [-0.2, -0.15) is 0 Å². The van der Waals surface area contributed by atoms with Gasteiger partial charge in [-0.05, 0) is 12.6 Å². The monoisotopic (exact) mass is 284 g/mol. The van der Waals surface area contributed by atoms with Crippen LogP contribution < -0.4 is 5.32 Å². The van der Waals surface area contributed by atoms with Crippen LogP contribution >= 0.6 is 22.9 Å². The zero-order valence-corrected chi connectivity index (χ0v) is 11.6. The van der Waals surface area contributed by atoms with Crippen LogP contribution in [0.2, 0.25) is 5.02 Å². The largest absolute Gasteiger partial charge is 0.310 e. The standard InChI is InChI=1S/C13H14ClFN2S/c1-2-16-11(8-12-17-6-7-18-12)9-4-3-5-10(14)13(9)15/h3-7,11,16H,2,8H2,1H3. The molecule has 0 bridgehead atoms. The molecular weight excluding hydrogens is 271 g/mol. The summed E-state index contributed by atoms with van der Waals surface area (Å²) >= 11 is 7.40. The van der Waals surface area contributed by atoms with Gasteiger partial charge in [-0.25, -0.2) is 9.37 Å². The summed E-state index contributed by atoms with van der Waals surface area (Å²) in [7, 11) is 0. The molecule has 0 amide bonds. The molecule has 18 heavy (non-hydrogen) atoms. The first-order valence-corrected chi connectivity index (χ1v) is 7.03. The molecule has 1 N–H and O–H groups in total. The molecule has 0 aliphatic carbocycles. The van der Waals surface area contributed by atoms with Gasteiger partial charge < -0.3 is 5.32 Å². The van der Waals surface area contributed by atoms with E-state index in [-0.39, 0.29) is 16.9 Å². The minimum absolute atomic E-state index is 0.0974. The third kappa shape index (κ3) is 3.07. The van der Waals surface area contributed by atoms with E-state index in [0.717, 1.165) is 11.6 Å². The van der Waals surface area contributed by atoms with E-state index >= 15 is 0 Å². The highest BCUT2D eigenvalue weighted by molar-refractivity contribution is 7.09. The predicted molar refractivity (Wildman–Crippen MR) is 73.6 cm³/mol. The van der Waals surface area contributed by atoms with Crippen molar-refractivity contribution in [2.24, 2.45) is 0 Å². The number of rotatable bonds is 5. The number of likely N-dealkylation sites (N-methyl/N-ethyl adjacent to an activating group) is 1. The Bertz CT molecular complexity index is 502. The summed E-state index contributed by atoms with van der Waals surface area (Å²) in [6, 6.07) is 5.00. The van der Waals surface area contributed by atoms with Crippen LogP contribution in [0.5, 0.6) is 0 Å².